The summed E-state index contributed by atoms with van der Waals surface area (Å²) < 4.78 is 0. The average molecular weight is 277 g/mol. The standard InChI is InChI=1S/C16H23NOS/c1-9-8-19-15(17-9)7-14(18)16-12-3-10-2-11(5-12)6-13(16)4-10/h8,10-14,16,18H,2-7H2,1H3. The fraction of sp³-hybridized carbons (Fsp3) is 0.812. The molecule has 0 saturated heterocycles. The second-order valence-electron chi connectivity index (χ2n) is 7.16. The highest BCUT2D eigenvalue weighted by molar-refractivity contribution is 7.09. The van der Waals surface area contributed by atoms with Crippen molar-refractivity contribution in [2.45, 2.75) is 51.6 Å². The fourth-order valence-corrected chi connectivity index (χ4v) is 6.23. The largest absolute Gasteiger partial charge is 0.392 e. The van der Waals surface area contributed by atoms with E-state index >= 15 is 0 Å². The number of hydrogen-bond acceptors (Lipinski definition) is 3. The molecule has 0 radical (unpaired) electrons. The Hall–Kier alpha value is -0.410. The Morgan fingerprint density at radius 2 is 1.84 bits per heavy atom. The molecule has 104 valence electrons. The van der Waals surface area contributed by atoms with Gasteiger partial charge in [-0.25, -0.2) is 4.98 Å². The monoisotopic (exact) mass is 277 g/mol. The molecule has 0 aromatic carbocycles. The molecule has 1 atom stereocenters. The van der Waals surface area contributed by atoms with Crippen molar-refractivity contribution in [3.05, 3.63) is 16.1 Å². The summed E-state index contributed by atoms with van der Waals surface area (Å²) in [5.41, 5.74) is 1.09. The van der Waals surface area contributed by atoms with Crippen molar-refractivity contribution in [3.8, 4) is 0 Å². The Morgan fingerprint density at radius 1 is 1.21 bits per heavy atom. The number of aryl methyl sites for hydroxylation is 1. The summed E-state index contributed by atoms with van der Waals surface area (Å²) in [5, 5.41) is 13.9. The van der Waals surface area contributed by atoms with Crippen LogP contribution in [0.25, 0.3) is 0 Å². The van der Waals surface area contributed by atoms with Crippen molar-refractivity contribution >= 4 is 11.3 Å². The van der Waals surface area contributed by atoms with Gasteiger partial charge in [0.2, 0.25) is 0 Å². The molecule has 4 bridgehead atoms. The first kappa shape index (κ1) is 12.3. The molecule has 5 rings (SSSR count). The molecule has 4 aliphatic rings. The molecule has 4 fully saturated rings. The lowest BCUT2D eigenvalue weighted by atomic mass is 9.50. The molecule has 19 heavy (non-hydrogen) atoms. The highest BCUT2D eigenvalue weighted by atomic mass is 32.1. The maximum Gasteiger partial charge on any atom is 0.0954 e. The van der Waals surface area contributed by atoms with Gasteiger partial charge in [0.25, 0.3) is 0 Å². The summed E-state index contributed by atoms with van der Waals surface area (Å²) in [6, 6.07) is 0. The van der Waals surface area contributed by atoms with Crippen LogP contribution in [0.15, 0.2) is 5.38 Å². The Labute approximate surface area is 119 Å². The van der Waals surface area contributed by atoms with E-state index in [4.69, 9.17) is 0 Å². The van der Waals surface area contributed by atoms with Crippen LogP contribution in [0.4, 0.5) is 0 Å². The molecule has 1 N–H and O–H groups in total. The van der Waals surface area contributed by atoms with E-state index in [2.05, 4.69) is 10.4 Å². The minimum atomic E-state index is -0.152. The van der Waals surface area contributed by atoms with Gasteiger partial charge in [0.1, 0.15) is 0 Å². The van der Waals surface area contributed by atoms with Crippen LogP contribution >= 0.6 is 11.3 Å². The van der Waals surface area contributed by atoms with E-state index in [-0.39, 0.29) is 6.10 Å². The van der Waals surface area contributed by atoms with E-state index < -0.39 is 0 Å². The summed E-state index contributed by atoms with van der Waals surface area (Å²) in [5.74, 6) is 4.18. The van der Waals surface area contributed by atoms with Gasteiger partial charge in [-0.15, -0.1) is 11.3 Å². The number of aromatic nitrogens is 1. The van der Waals surface area contributed by atoms with Gasteiger partial charge in [-0.1, -0.05) is 0 Å². The van der Waals surface area contributed by atoms with Crippen LogP contribution in [0.3, 0.4) is 0 Å². The second kappa shape index (κ2) is 4.56. The molecular weight excluding hydrogens is 254 g/mol. The van der Waals surface area contributed by atoms with Crippen LogP contribution in [0.1, 0.15) is 42.8 Å². The van der Waals surface area contributed by atoms with Crippen LogP contribution in [0.5, 0.6) is 0 Å². The molecule has 1 unspecified atom stereocenters. The number of aliphatic hydroxyl groups excluding tert-OH is 1. The van der Waals surface area contributed by atoms with E-state index in [1.807, 2.05) is 6.92 Å². The summed E-state index contributed by atoms with van der Waals surface area (Å²) in [4.78, 5) is 4.52. The normalized spacial score (nSPS) is 41.7. The van der Waals surface area contributed by atoms with Gasteiger partial charge >= 0.3 is 0 Å². The van der Waals surface area contributed by atoms with Crippen molar-refractivity contribution in [2.24, 2.45) is 29.6 Å². The molecule has 3 heteroatoms. The number of rotatable bonds is 3. The molecule has 0 aliphatic heterocycles. The van der Waals surface area contributed by atoms with Gasteiger partial charge in [0.15, 0.2) is 0 Å². The topological polar surface area (TPSA) is 33.1 Å². The molecule has 4 aliphatic carbocycles. The van der Waals surface area contributed by atoms with Crippen LogP contribution in [0, 0.1) is 36.5 Å². The number of hydrogen-bond donors (Lipinski definition) is 1. The van der Waals surface area contributed by atoms with Gasteiger partial charge in [-0.05, 0) is 68.6 Å². The van der Waals surface area contributed by atoms with Gasteiger partial charge in [0.05, 0.1) is 11.1 Å². The van der Waals surface area contributed by atoms with Crippen molar-refractivity contribution < 1.29 is 5.11 Å². The minimum absolute atomic E-state index is 0.152. The maximum atomic E-state index is 10.7. The van der Waals surface area contributed by atoms with Gasteiger partial charge in [-0.2, -0.15) is 0 Å². The molecule has 2 nitrogen and oxygen atoms in total. The predicted octanol–water partition coefficient (Wildman–Crippen LogP) is 3.43. The SMILES string of the molecule is Cc1csc(CC(O)C2C3CC4CC(C3)CC2C4)n1. The van der Waals surface area contributed by atoms with Crippen LogP contribution in [-0.4, -0.2) is 16.2 Å². The summed E-state index contributed by atoms with van der Waals surface area (Å²) >= 11 is 1.71. The average Bonchev–Trinajstić information content (AvgIpc) is 2.73. The third-order valence-electron chi connectivity index (χ3n) is 5.79. The van der Waals surface area contributed by atoms with Crippen molar-refractivity contribution in [1.82, 2.24) is 4.98 Å². The first-order valence-corrected chi connectivity index (χ1v) is 8.66. The molecule has 1 aromatic heterocycles. The Morgan fingerprint density at radius 3 is 2.37 bits per heavy atom. The first-order chi connectivity index (χ1) is 9.19. The van der Waals surface area contributed by atoms with E-state index in [9.17, 15) is 5.11 Å². The zero-order chi connectivity index (χ0) is 13.0. The summed E-state index contributed by atoms with van der Waals surface area (Å²) in [6.07, 6.45) is 7.70. The first-order valence-electron chi connectivity index (χ1n) is 7.78. The highest BCUT2D eigenvalue weighted by Crippen LogP contribution is 2.57. The summed E-state index contributed by atoms with van der Waals surface area (Å²) in [7, 11) is 0. The van der Waals surface area contributed by atoms with Crippen LogP contribution in [0.2, 0.25) is 0 Å². The number of nitrogens with zero attached hydrogens (tertiary/aromatic N) is 1. The Kier molecular flexibility index (Phi) is 2.96. The van der Waals surface area contributed by atoms with Crippen molar-refractivity contribution in [1.29, 1.82) is 0 Å². The highest BCUT2D eigenvalue weighted by Gasteiger charge is 2.50. The third-order valence-corrected chi connectivity index (χ3v) is 6.78. The lowest BCUT2D eigenvalue weighted by molar-refractivity contribution is -0.0887. The van der Waals surface area contributed by atoms with E-state index in [0.717, 1.165) is 40.8 Å². The van der Waals surface area contributed by atoms with Crippen LogP contribution < -0.4 is 0 Å². The van der Waals surface area contributed by atoms with Crippen LogP contribution in [-0.2, 0) is 6.42 Å². The number of aliphatic hydroxyl groups is 1. The fourth-order valence-electron chi connectivity index (χ4n) is 5.41. The molecular formula is C16H23NOS. The maximum absolute atomic E-state index is 10.7. The second-order valence-corrected chi connectivity index (χ2v) is 8.10. The molecule has 0 amide bonds. The van der Waals surface area contributed by atoms with E-state index in [1.54, 1.807) is 11.3 Å². The lowest BCUT2D eigenvalue weighted by Gasteiger charge is -2.55. The quantitative estimate of drug-likeness (QED) is 0.918. The Balaban J connectivity index is 1.49. The molecule has 0 spiro atoms. The molecule has 1 aromatic rings. The van der Waals surface area contributed by atoms with E-state index in [0.29, 0.717) is 5.92 Å². The Bertz CT molecular complexity index is 441. The smallest absolute Gasteiger partial charge is 0.0954 e. The molecule has 1 heterocycles. The van der Waals surface area contributed by atoms with Gasteiger partial charge in [0, 0.05) is 17.5 Å². The van der Waals surface area contributed by atoms with Crippen molar-refractivity contribution in [3.63, 3.8) is 0 Å². The van der Waals surface area contributed by atoms with Crippen molar-refractivity contribution in [2.75, 3.05) is 0 Å². The number of thiazole rings is 1. The summed E-state index contributed by atoms with van der Waals surface area (Å²) in [6.45, 7) is 2.04. The predicted molar refractivity (Wildman–Crippen MR) is 77.1 cm³/mol. The third kappa shape index (κ3) is 2.15. The lowest BCUT2D eigenvalue weighted by Crippen LogP contribution is -2.49. The minimum Gasteiger partial charge on any atom is -0.392 e. The van der Waals surface area contributed by atoms with E-state index in [1.165, 1.54) is 32.1 Å². The molecule has 4 saturated carbocycles. The zero-order valence-electron chi connectivity index (χ0n) is 11.6. The van der Waals surface area contributed by atoms with Gasteiger partial charge < -0.3 is 5.11 Å². The zero-order valence-corrected chi connectivity index (χ0v) is 12.4. The van der Waals surface area contributed by atoms with Gasteiger partial charge in [-0.3, -0.25) is 0 Å².